The van der Waals surface area contributed by atoms with Crippen LogP contribution >= 0.6 is 0 Å². The van der Waals surface area contributed by atoms with E-state index in [0.717, 1.165) is 51.1 Å². The smallest absolute Gasteiger partial charge is 0.274 e. The minimum absolute atomic E-state index is 0.000550. The Hall–Kier alpha value is -2.43. The summed E-state index contributed by atoms with van der Waals surface area (Å²) < 4.78 is 0. The van der Waals surface area contributed by atoms with E-state index in [1.54, 1.807) is 6.07 Å². The van der Waals surface area contributed by atoms with Gasteiger partial charge in [0.1, 0.15) is 0 Å². The van der Waals surface area contributed by atoms with Crippen molar-refractivity contribution >= 4 is 17.4 Å². The maximum Gasteiger partial charge on any atom is 0.274 e. The largest absolute Gasteiger partial charge is 0.337 e. The Bertz CT molecular complexity index is 707. The number of hydrogen-bond donors (Lipinski definition) is 0. The standard InChI is InChI=1S/C18H20N4O/c23-18(21-11-3-4-12-21)15-9-10-17(20-19-15)22-13-5-7-14-6-1-2-8-16(14)22/h1-2,6,8-10H,3-5,7,11-13H2. The van der Waals surface area contributed by atoms with Gasteiger partial charge in [-0.25, -0.2) is 0 Å². The molecule has 2 aromatic rings. The number of nitrogens with zero attached hydrogens (tertiary/aromatic N) is 4. The normalized spacial score (nSPS) is 17.2. The van der Waals surface area contributed by atoms with Crippen molar-refractivity contribution in [2.24, 2.45) is 0 Å². The zero-order chi connectivity index (χ0) is 15.6. The average Bonchev–Trinajstić information content (AvgIpc) is 3.15. The number of carbonyl (C=O) groups is 1. The molecule has 0 saturated carbocycles. The molecule has 0 unspecified atom stereocenters. The van der Waals surface area contributed by atoms with Gasteiger partial charge in [0.15, 0.2) is 11.5 Å². The maximum atomic E-state index is 12.3. The van der Waals surface area contributed by atoms with Crippen LogP contribution in [0.4, 0.5) is 11.5 Å². The topological polar surface area (TPSA) is 49.3 Å². The molecule has 1 amide bonds. The van der Waals surface area contributed by atoms with Crippen LogP contribution in [0.1, 0.15) is 35.3 Å². The van der Waals surface area contributed by atoms with Gasteiger partial charge in [-0.3, -0.25) is 4.79 Å². The molecule has 0 N–H and O–H groups in total. The Morgan fingerprint density at radius 1 is 0.913 bits per heavy atom. The highest BCUT2D eigenvalue weighted by atomic mass is 16.2. The first-order chi connectivity index (χ1) is 11.3. The summed E-state index contributed by atoms with van der Waals surface area (Å²) in [4.78, 5) is 16.4. The second kappa shape index (κ2) is 5.99. The Balaban J connectivity index is 1.58. The predicted molar refractivity (Wildman–Crippen MR) is 88.9 cm³/mol. The molecule has 1 fully saturated rings. The highest BCUT2D eigenvalue weighted by molar-refractivity contribution is 5.92. The fraction of sp³-hybridized carbons (Fsp3) is 0.389. The minimum Gasteiger partial charge on any atom is -0.337 e. The van der Waals surface area contributed by atoms with Crippen LogP contribution in [-0.4, -0.2) is 40.6 Å². The van der Waals surface area contributed by atoms with Crippen LogP contribution in [0.3, 0.4) is 0 Å². The van der Waals surface area contributed by atoms with E-state index in [4.69, 9.17) is 0 Å². The van der Waals surface area contributed by atoms with Gasteiger partial charge < -0.3 is 9.80 Å². The molecule has 0 atom stereocenters. The number of benzene rings is 1. The molecule has 23 heavy (non-hydrogen) atoms. The highest BCUT2D eigenvalue weighted by Gasteiger charge is 2.22. The van der Waals surface area contributed by atoms with Crippen LogP contribution < -0.4 is 4.90 Å². The lowest BCUT2D eigenvalue weighted by Crippen LogP contribution is -2.29. The van der Waals surface area contributed by atoms with Crippen LogP contribution in [-0.2, 0) is 6.42 Å². The molecule has 1 saturated heterocycles. The van der Waals surface area contributed by atoms with Crippen molar-refractivity contribution in [1.29, 1.82) is 0 Å². The lowest BCUT2D eigenvalue weighted by molar-refractivity contribution is 0.0786. The van der Waals surface area contributed by atoms with E-state index in [9.17, 15) is 4.79 Å². The van der Waals surface area contributed by atoms with Gasteiger partial charge in [0.05, 0.1) is 0 Å². The zero-order valence-electron chi connectivity index (χ0n) is 13.1. The fourth-order valence-corrected chi connectivity index (χ4v) is 3.44. The van der Waals surface area contributed by atoms with E-state index in [2.05, 4.69) is 39.4 Å². The van der Waals surface area contributed by atoms with E-state index in [-0.39, 0.29) is 5.91 Å². The van der Waals surface area contributed by atoms with E-state index in [0.29, 0.717) is 5.69 Å². The number of fused-ring (bicyclic) bond motifs is 1. The van der Waals surface area contributed by atoms with Crippen LogP contribution in [0.5, 0.6) is 0 Å². The number of para-hydroxylation sites is 1. The summed E-state index contributed by atoms with van der Waals surface area (Å²) in [5.41, 5.74) is 2.99. The third-order valence-corrected chi connectivity index (χ3v) is 4.65. The molecule has 5 heteroatoms. The number of hydrogen-bond acceptors (Lipinski definition) is 4. The molecule has 1 aromatic heterocycles. The Morgan fingerprint density at radius 3 is 2.52 bits per heavy atom. The molecule has 1 aromatic carbocycles. The molecule has 2 aliphatic heterocycles. The summed E-state index contributed by atoms with van der Waals surface area (Å²) in [5.74, 6) is 0.815. The summed E-state index contributed by atoms with van der Waals surface area (Å²) in [5, 5.41) is 8.51. The Labute approximate surface area is 135 Å². The predicted octanol–water partition coefficient (Wildman–Crippen LogP) is 2.80. The van der Waals surface area contributed by atoms with Gasteiger partial charge in [0.25, 0.3) is 5.91 Å². The lowest BCUT2D eigenvalue weighted by atomic mass is 10.0. The van der Waals surface area contributed by atoms with E-state index in [1.807, 2.05) is 11.0 Å². The first-order valence-corrected chi connectivity index (χ1v) is 8.31. The van der Waals surface area contributed by atoms with Gasteiger partial charge in [-0.2, -0.15) is 0 Å². The Kier molecular flexibility index (Phi) is 3.69. The number of likely N-dealkylation sites (tertiary alicyclic amines) is 1. The van der Waals surface area contributed by atoms with E-state index < -0.39 is 0 Å². The average molecular weight is 308 g/mol. The van der Waals surface area contributed by atoms with Gasteiger partial charge in [-0.05, 0) is 49.4 Å². The molecule has 118 valence electrons. The molecule has 0 bridgehead atoms. The molecule has 4 rings (SSSR count). The first-order valence-electron chi connectivity index (χ1n) is 8.31. The summed E-state index contributed by atoms with van der Waals surface area (Å²) in [6, 6.07) is 12.1. The minimum atomic E-state index is 0.000550. The summed E-state index contributed by atoms with van der Waals surface area (Å²) in [6.45, 7) is 2.61. The lowest BCUT2D eigenvalue weighted by Gasteiger charge is -2.30. The number of rotatable bonds is 2. The number of aryl methyl sites for hydroxylation is 1. The van der Waals surface area contributed by atoms with E-state index in [1.165, 1.54) is 11.3 Å². The second-order valence-electron chi connectivity index (χ2n) is 6.16. The number of aromatic nitrogens is 2. The molecule has 5 nitrogen and oxygen atoms in total. The van der Waals surface area contributed by atoms with Crippen LogP contribution in [0.15, 0.2) is 36.4 Å². The van der Waals surface area contributed by atoms with Crippen LogP contribution in [0, 0.1) is 0 Å². The van der Waals surface area contributed by atoms with Gasteiger partial charge in [0, 0.05) is 25.3 Å². The summed E-state index contributed by atoms with van der Waals surface area (Å²) in [7, 11) is 0. The SMILES string of the molecule is O=C(c1ccc(N2CCCc3ccccc32)nn1)N1CCCC1. The van der Waals surface area contributed by atoms with Crippen molar-refractivity contribution in [3.05, 3.63) is 47.7 Å². The van der Waals surface area contributed by atoms with Gasteiger partial charge in [0.2, 0.25) is 0 Å². The van der Waals surface area contributed by atoms with Crippen molar-refractivity contribution in [2.75, 3.05) is 24.5 Å². The maximum absolute atomic E-state index is 12.3. The number of anilines is 2. The van der Waals surface area contributed by atoms with E-state index >= 15 is 0 Å². The van der Waals surface area contributed by atoms with Gasteiger partial charge >= 0.3 is 0 Å². The third-order valence-electron chi connectivity index (χ3n) is 4.65. The summed E-state index contributed by atoms with van der Waals surface area (Å²) >= 11 is 0. The molecule has 3 heterocycles. The van der Waals surface area contributed by atoms with Gasteiger partial charge in [-0.15, -0.1) is 10.2 Å². The van der Waals surface area contributed by atoms with Gasteiger partial charge in [-0.1, -0.05) is 18.2 Å². The summed E-state index contributed by atoms with van der Waals surface area (Å²) in [6.07, 6.45) is 4.38. The van der Waals surface area contributed by atoms with Crippen molar-refractivity contribution in [3.8, 4) is 0 Å². The molecule has 0 spiro atoms. The molecule has 0 aliphatic carbocycles. The van der Waals surface area contributed by atoms with Crippen molar-refractivity contribution in [2.45, 2.75) is 25.7 Å². The quantitative estimate of drug-likeness (QED) is 0.856. The number of amides is 1. The molecular formula is C18H20N4O. The first kappa shape index (κ1) is 14.2. The monoisotopic (exact) mass is 308 g/mol. The Morgan fingerprint density at radius 2 is 1.74 bits per heavy atom. The van der Waals surface area contributed by atoms with Crippen LogP contribution in [0.2, 0.25) is 0 Å². The second-order valence-corrected chi connectivity index (χ2v) is 6.16. The molecule has 2 aliphatic rings. The molecule has 0 radical (unpaired) electrons. The van der Waals surface area contributed by atoms with Crippen molar-refractivity contribution in [1.82, 2.24) is 15.1 Å². The fourth-order valence-electron chi connectivity index (χ4n) is 3.44. The van der Waals surface area contributed by atoms with Crippen molar-refractivity contribution in [3.63, 3.8) is 0 Å². The zero-order valence-corrected chi connectivity index (χ0v) is 13.1. The van der Waals surface area contributed by atoms with Crippen LogP contribution in [0.25, 0.3) is 0 Å². The number of carbonyl (C=O) groups excluding carboxylic acids is 1. The molecular weight excluding hydrogens is 288 g/mol. The van der Waals surface area contributed by atoms with Crippen molar-refractivity contribution < 1.29 is 4.79 Å². The highest BCUT2D eigenvalue weighted by Crippen LogP contribution is 2.31. The third kappa shape index (κ3) is 2.67.